The summed E-state index contributed by atoms with van der Waals surface area (Å²) in [5.74, 6) is 0. The van der Waals surface area contributed by atoms with Crippen LogP contribution in [0.3, 0.4) is 0 Å². The van der Waals surface area contributed by atoms with Crippen LogP contribution < -0.4 is 5.32 Å². The molecule has 0 amide bonds. The van der Waals surface area contributed by atoms with Crippen LogP contribution in [0.15, 0.2) is 24.3 Å². The molecule has 1 aliphatic heterocycles. The first-order valence-electron chi connectivity index (χ1n) is 6.90. The van der Waals surface area contributed by atoms with E-state index in [4.69, 9.17) is 4.74 Å². The van der Waals surface area contributed by atoms with Crippen LogP contribution in [0.5, 0.6) is 0 Å². The third-order valence-electron chi connectivity index (χ3n) is 4.32. The summed E-state index contributed by atoms with van der Waals surface area (Å²) in [7, 11) is 0. The van der Waals surface area contributed by atoms with Crippen molar-refractivity contribution in [3.63, 3.8) is 0 Å². The predicted molar refractivity (Wildman–Crippen MR) is 70.5 cm³/mol. The Hall–Kier alpha value is -0.900. The van der Waals surface area contributed by atoms with E-state index in [1.54, 1.807) is 0 Å². The summed E-state index contributed by atoms with van der Waals surface area (Å²) >= 11 is 0. The number of rotatable bonds is 4. The number of hydrogen-bond acceptors (Lipinski definition) is 3. The van der Waals surface area contributed by atoms with Crippen LogP contribution in [0.2, 0.25) is 0 Å². The molecule has 0 bridgehead atoms. The van der Waals surface area contributed by atoms with Gasteiger partial charge < -0.3 is 15.2 Å². The number of fused-ring (bicyclic) bond motifs is 1. The van der Waals surface area contributed by atoms with E-state index >= 15 is 0 Å². The molecule has 1 fully saturated rings. The maximum atomic E-state index is 9.83. The molecule has 2 unspecified atom stereocenters. The minimum atomic E-state index is -0.247. The Kier molecular flexibility index (Phi) is 3.37. The summed E-state index contributed by atoms with van der Waals surface area (Å²) < 4.78 is 5.65. The molecule has 2 N–H and O–H groups in total. The van der Waals surface area contributed by atoms with Gasteiger partial charge in [0.1, 0.15) is 0 Å². The highest BCUT2D eigenvalue weighted by atomic mass is 16.5. The number of ether oxygens (including phenoxy) is 1. The third kappa shape index (κ3) is 2.07. The predicted octanol–water partition coefficient (Wildman–Crippen LogP) is 1.59. The Bertz CT molecular complexity index is 415. The van der Waals surface area contributed by atoms with Crippen LogP contribution in [0.25, 0.3) is 0 Å². The lowest BCUT2D eigenvalue weighted by atomic mass is 9.92. The monoisotopic (exact) mass is 247 g/mol. The average Bonchev–Trinajstić information content (AvgIpc) is 3.05. The van der Waals surface area contributed by atoms with E-state index in [0.29, 0.717) is 6.10 Å². The van der Waals surface area contributed by atoms with Crippen molar-refractivity contribution < 1.29 is 9.84 Å². The van der Waals surface area contributed by atoms with Crippen molar-refractivity contribution in [2.75, 3.05) is 19.8 Å². The molecule has 0 aromatic heterocycles. The summed E-state index contributed by atoms with van der Waals surface area (Å²) in [4.78, 5) is 0. The number of aryl methyl sites for hydroxylation is 1. The summed E-state index contributed by atoms with van der Waals surface area (Å²) in [5.41, 5.74) is 2.39. The van der Waals surface area contributed by atoms with Crippen LogP contribution in [-0.4, -0.2) is 31.0 Å². The summed E-state index contributed by atoms with van der Waals surface area (Å²) in [6.45, 7) is 1.89. The van der Waals surface area contributed by atoms with Crippen LogP contribution in [0.4, 0.5) is 0 Å². The summed E-state index contributed by atoms with van der Waals surface area (Å²) in [6.07, 6.45) is 4.65. The molecular formula is C15H21NO2. The fraction of sp³-hybridized carbons (Fsp3) is 0.600. The normalized spacial score (nSPS) is 30.6. The lowest BCUT2D eigenvalue weighted by Gasteiger charge is -2.31. The Morgan fingerprint density at radius 3 is 3.06 bits per heavy atom. The van der Waals surface area contributed by atoms with Gasteiger partial charge in [0.2, 0.25) is 0 Å². The molecule has 98 valence electrons. The Morgan fingerprint density at radius 2 is 2.28 bits per heavy atom. The van der Waals surface area contributed by atoms with Gasteiger partial charge in [-0.05, 0) is 36.8 Å². The standard InChI is InChI=1S/C15H21NO2/c17-11-15(16-10-13-5-3-9-18-13)8-7-12-4-1-2-6-14(12)15/h1-2,4,6,13,16-17H,3,5,7-11H2. The summed E-state index contributed by atoms with van der Waals surface area (Å²) in [6, 6.07) is 8.44. The van der Waals surface area contributed by atoms with Gasteiger partial charge in [0, 0.05) is 13.2 Å². The zero-order chi connectivity index (χ0) is 12.4. The van der Waals surface area contributed by atoms with Crippen LogP contribution in [-0.2, 0) is 16.7 Å². The topological polar surface area (TPSA) is 41.5 Å². The van der Waals surface area contributed by atoms with E-state index in [1.807, 2.05) is 0 Å². The molecule has 1 aromatic carbocycles. The smallest absolute Gasteiger partial charge is 0.0700 e. The second-order valence-electron chi connectivity index (χ2n) is 5.41. The van der Waals surface area contributed by atoms with Crippen molar-refractivity contribution in [3.05, 3.63) is 35.4 Å². The molecule has 1 saturated heterocycles. The van der Waals surface area contributed by atoms with Gasteiger partial charge in [-0.25, -0.2) is 0 Å². The van der Waals surface area contributed by atoms with Crippen LogP contribution in [0.1, 0.15) is 30.4 Å². The molecule has 1 heterocycles. The van der Waals surface area contributed by atoms with E-state index in [0.717, 1.165) is 38.8 Å². The fourth-order valence-electron chi connectivity index (χ4n) is 3.21. The van der Waals surface area contributed by atoms with Crippen LogP contribution >= 0.6 is 0 Å². The number of aliphatic hydroxyl groups excluding tert-OH is 1. The second-order valence-corrected chi connectivity index (χ2v) is 5.41. The minimum absolute atomic E-state index is 0.163. The van der Waals surface area contributed by atoms with Gasteiger partial charge in [0.05, 0.1) is 18.2 Å². The molecule has 2 atom stereocenters. The fourth-order valence-corrected chi connectivity index (χ4v) is 3.21. The van der Waals surface area contributed by atoms with E-state index < -0.39 is 0 Å². The Labute approximate surface area is 108 Å². The first-order chi connectivity index (χ1) is 8.84. The molecule has 0 radical (unpaired) electrons. The lowest BCUT2D eigenvalue weighted by molar-refractivity contribution is 0.0872. The second kappa shape index (κ2) is 5.00. The SMILES string of the molecule is OCC1(NCC2CCCO2)CCc2ccccc21. The van der Waals surface area contributed by atoms with Gasteiger partial charge in [0.25, 0.3) is 0 Å². The summed E-state index contributed by atoms with van der Waals surface area (Å²) in [5, 5.41) is 13.4. The number of aliphatic hydroxyl groups is 1. The van der Waals surface area contributed by atoms with Crippen molar-refractivity contribution in [2.24, 2.45) is 0 Å². The van der Waals surface area contributed by atoms with Crippen molar-refractivity contribution in [1.29, 1.82) is 0 Å². The lowest BCUT2D eigenvalue weighted by Crippen LogP contribution is -2.46. The van der Waals surface area contributed by atoms with Gasteiger partial charge in [-0.15, -0.1) is 0 Å². The number of hydrogen-bond donors (Lipinski definition) is 2. The van der Waals surface area contributed by atoms with E-state index in [-0.39, 0.29) is 12.1 Å². The van der Waals surface area contributed by atoms with Crippen molar-refractivity contribution in [2.45, 2.75) is 37.3 Å². The molecule has 0 spiro atoms. The minimum Gasteiger partial charge on any atom is -0.394 e. The van der Waals surface area contributed by atoms with E-state index in [9.17, 15) is 5.11 Å². The highest BCUT2D eigenvalue weighted by molar-refractivity contribution is 5.38. The zero-order valence-corrected chi connectivity index (χ0v) is 10.7. The van der Waals surface area contributed by atoms with Crippen molar-refractivity contribution in [3.8, 4) is 0 Å². The molecular weight excluding hydrogens is 226 g/mol. The Balaban J connectivity index is 1.74. The van der Waals surface area contributed by atoms with Gasteiger partial charge >= 0.3 is 0 Å². The molecule has 3 rings (SSSR count). The van der Waals surface area contributed by atoms with Crippen LogP contribution in [0, 0.1) is 0 Å². The van der Waals surface area contributed by atoms with Gasteiger partial charge in [0.15, 0.2) is 0 Å². The van der Waals surface area contributed by atoms with Gasteiger partial charge in [-0.2, -0.15) is 0 Å². The average molecular weight is 247 g/mol. The molecule has 0 saturated carbocycles. The Morgan fingerprint density at radius 1 is 1.39 bits per heavy atom. The van der Waals surface area contributed by atoms with E-state index in [2.05, 4.69) is 29.6 Å². The van der Waals surface area contributed by atoms with Gasteiger partial charge in [-0.3, -0.25) is 0 Å². The maximum absolute atomic E-state index is 9.83. The third-order valence-corrected chi connectivity index (χ3v) is 4.32. The number of nitrogens with one attached hydrogen (secondary N) is 1. The van der Waals surface area contributed by atoms with Crippen molar-refractivity contribution in [1.82, 2.24) is 5.32 Å². The van der Waals surface area contributed by atoms with Crippen molar-refractivity contribution >= 4 is 0 Å². The molecule has 3 heteroatoms. The quantitative estimate of drug-likeness (QED) is 0.849. The molecule has 18 heavy (non-hydrogen) atoms. The molecule has 1 aromatic rings. The zero-order valence-electron chi connectivity index (χ0n) is 10.7. The highest BCUT2D eigenvalue weighted by Gasteiger charge is 2.38. The molecule has 2 aliphatic rings. The highest BCUT2D eigenvalue weighted by Crippen LogP contribution is 2.36. The maximum Gasteiger partial charge on any atom is 0.0700 e. The molecule has 1 aliphatic carbocycles. The largest absolute Gasteiger partial charge is 0.394 e. The first-order valence-corrected chi connectivity index (χ1v) is 6.90. The first kappa shape index (κ1) is 12.2. The van der Waals surface area contributed by atoms with Gasteiger partial charge in [-0.1, -0.05) is 24.3 Å². The van der Waals surface area contributed by atoms with E-state index in [1.165, 1.54) is 11.1 Å². The number of benzene rings is 1. The molecule has 3 nitrogen and oxygen atoms in total.